The van der Waals surface area contributed by atoms with Crippen LogP contribution in [0.15, 0.2) is 47.4 Å². The molecule has 4 rings (SSSR count). The summed E-state index contributed by atoms with van der Waals surface area (Å²) in [4.78, 5) is 21.4. The third kappa shape index (κ3) is 2.51. The lowest BCUT2D eigenvalue weighted by atomic mass is 10.1. The quantitative estimate of drug-likeness (QED) is 0.599. The number of nitrogens with zero attached hydrogens (tertiary/aromatic N) is 3. The minimum atomic E-state index is 0.0542. The van der Waals surface area contributed by atoms with Gasteiger partial charge in [-0.3, -0.25) is 9.36 Å². The number of rotatable bonds is 0. The number of hydrogen-bond donors (Lipinski definition) is 0. The minimum absolute atomic E-state index is 0.0542. The van der Waals surface area contributed by atoms with Gasteiger partial charge in [-0.15, -0.1) is 0 Å². The summed E-state index contributed by atoms with van der Waals surface area (Å²) < 4.78 is 1.80. The molecule has 112 valence electrons. The molecule has 4 heteroatoms. The van der Waals surface area contributed by atoms with Gasteiger partial charge in [-0.1, -0.05) is 18.9 Å². The van der Waals surface area contributed by atoms with E-state index in [0.717, 1.165) is 35.6 Å². The lowest BCUT2D eigenvalue weighted by Crippen LogP contribution is -2.21. The second-order valence-corrected chi connectivity index (χ2v) is 5.95. The van der Waals surface area contributed by atoms with E-state index >= 15 is 0 Å². The summed E-state index contributed by atoms with van der Waals surface area (Å²) >= 11 is 0. The first-order chi connectivity index (χ1) is 11.2. The van der Waals surface area contributed by atoms with E-state index in [1.165, 1.54) is 0 Å². The van der Waals surface area contributed by atoms with Crippen LogP contribution in [0.2, 0.25) is 0 Å². The van der Waals surface area contributed by atoms with Crippen molar-refractivity contribution in [2.24, 2.45) is 5.92 Å². The second-order valence-electron chi connectivity index (χ2n) is 5.95. The van der Waals surface area contributed by atoms with Gasteiger partial charge in [-0.05, 0) is 42.2 Å². The Kier molecular flexibility index (Phi) is 3.20. The van der Waals surface area contributed by atoms with Gasteiger partial charge in [-0.25, -0.2) is 9.97 Å². The highest BCUT2D eigenvalue weighted by molar-refractivity contribution is 5.79. The molecule has 1 aliphatic heterocycles. The van der Waals surface area contributed by atoms with Crippen LogP contribution in [-0.2, 0) is 13.0 Å². The highest BCUT2D eigenvalue weighted by atomic mass is 16.1. The molecule has 0 N–H and O–H groups in total. The van der Waals surface area contributed by atoms with Crippen molar-refractivity contribution in [3.05, 3.63) is 70.0 Å². The molecule has 0 fully saturated rings. The molecule has 1 aliphatic rings. The van der Waals surface area contributed by atoms with Gasteiger partial charge in [0.2, 0.25) is 0 Å². The van der Waals surface area contributed by atoms with E-state index in [-0.39, 0.29) is 5.56 Å². The SMILES string of the molecule is CC1Cc2nc3cc(C#Cc4ccccn4)ccc3c(=O)n2C1. The van der Waals surface area contributed by atoms with Crippen LogP contribution < -0.4 is 5.56 Å². The molecule has 4 nitrogen and oxygen atoms in total. The van der Waals surface area contributed by atoms with Gasteiger partial charge in [0.05, 0.1) is 10.9 Å². The van der Waals surface area contributed by atoms with Crippen LogP contribution in [0.4, 0.5) is 0 Å². The Balaban J connectivity index is 1.79. The highest BCUT2D eigenvalue weighted by Crippen LogP contribution is 2.19. The highest BCUT2D eigenvalue weighted by Gasteiger charge is 2.21. The topological polar surface area (TPSA) is 47.8 Å². The van der Waals surface area contributed by atoms with E-state index in [1.807, 2.05) is 36.4 Å². The van der Waals surface area contributed by atoms with Gasteiger partial charge < -0.3 is 0 Å². The van der Waals surface area contributed by atoms with Crippen molar-refractivity contribution in [1.82, 2.24) is 14.5 Å². The van der Waals surface area contributed by atoms with Gasteiger partial charge in [-0.2, -0.15) is 0 Å². The zero-order valence-corrected chi connectivity index (χ0v) is 12.8. The van der Waals surface area contributed by atoms with E-state index in [1.54, 1.807) is 10.8 Å². The Morgan fingerprint density at radius 1 is 1.22 bits per heavy atom. The van der Waals surface area contributed by atoms with E-state index in [2.05, 4.69) is 28.7 Å². The molecule has 1 aromatic carbocycles. The summed E-state index contributed by atoms with van der Waals surface area (Å²) in [7, 11) is 0. The molecule has 0 bridgehead atoms. The van der Waals surface area contributed by atoms with Crippen molar-refractivity contribution < 1.29 is 0 Å². The minimum Gasteiger partial charge on any atom is -0.296 e. The Bertz CT molecular complexity index is 1010. The summed E-state index contributed by atoms with van der Waals surface area (Å²) in [6.07, 6.45) is 2.58. The van der Waals surface area contributed by atoms with Crippen LogP contribution in [-0.4, -0.2) is 14.5 Å². The Morgan fingerprint density at radius 3 is 2.96 bits per heavy atom. The third-order valence-corrected chi connectivity index (χ3v) is 4.06. The standard InChI is InChI=1S/C19H15N3O/c1-13-10-18-21-17-11-14(5-7-15-4-2-3-9-20-15)6-8-16(17)19(23)22(18)12-13/h2-4,6,8-9,11,13H,10,12H2,1H3. The van der Waals surface area contributed by atoms with Crippen LogP contribution in [0.25, 0.3) is 10.9 Å². The van der Waals surface area contributed by atoms with Gasteiger partial charge in [0, 0.05) is 24.7 Å². The lowest BCUT2D eigenvalue weighted by Gasteiger charge is -2.05. The number of pyridine rings is 1. The number of fused-ring (bicyclic) bond motifs is 2. The third-order valence-electron chi connectivity index (χ3n) is 4.06. The summed E-state index contributed by atoms with van der Waals surface area (Å²) in [5, 5.41) is 0.659. The average Bonchev–Trinajstić information content (AvgIpc) is 2.94. The fourth-order valence-electron chi connectivity index (χ4n) is 2.95. The zero-order valence-electron chi connectivity index (χ0n) is 12.8. The molecule has 2 aromatic heterocycles. The summed E-state index contributed by atoms with van der Waals surface area (Å²) in [6, 6.07) is 11.2. The largest absolute Gasteiger partial charge is 0.296 e. The lowest BCUT2D eigenvalue weighted by molar-refractivity contribution is 0.558. The van der Waals surface area contributed by atoms with Crippen molar-refractivity contribution in [3.8, 4) is 11.8 Å². The maximum Gasteiger partial charge on any atom is 0.261 e. The maximum absolute atomic E-state index is 12.5. The molecule has 1 atom stereocenters. The first-order valence-corrected chi connectivity index (χ1v) is 7.67. The fourth-order valence-corrected chi connectivity index (χ4v) is 2.95. The first kappa shape index (κ1) is 13.7. The number of aromatic nitrogens is 3. The summed E-state index contributed by atoms with van der Waals surface area (Å²) in [5.41, 5.74) is 2.34. The molecule has 3 heterocycles. The fraction of sp³-hybridized carbons (Fsp3) is 0.211. The Hall–Kier alpha value is -2.93. The predicted octanol–water partition coefficient (Wildman–Crippen LogP) is 2.38. The predicted molar refractivity (Wildman–Crippen MR) is 89.1 cm³/mol. The van der Waals surface area contributed by atoms with Crippen molar-refractivity contribution in [3.63, 3.8) is 0 Å². The molecule has 0 spiro atoms. The molecule has 0 saturated carbocycles. The van der Waals surface area contributed by atoms with Gasteiger partial charge in [0.25, 0.3) is 5.56 Å². The molecule has 3 aromatic rings. The Labute approximate surface area is 133 Å². The van der Waals surface area contributed by atoms with Crippen LogP contribution in [0.3, 0.4) is 0 Å². The molecule has 23 heavy (non-hydrogen) atoms. The van der Waals surface area contributed by atoms with Gasteiger partial charge >= 0.3 is 0 Å². The second kappa shape index (κ2) is 5.36. The van der Waals surface area contributed by atoms with Crippen molar-refractivity contribution >= 4 is 10.9 Å². The molecule has 0 amide bonds. The van der Waals surface area contributed by atoms with E-state index in [0.29, 0.717) is 11.3 Å². The van der Waals surface area contributed by atoms with Crippen LogP contribution in [0.5, 0.6) is 0 Å². The molecular formula is C19H15N3O. The first-order valence-electron chi connectivity index (χ1n) is 7.67. The van der Waals surface area contributed by atoms with Gasteiger partial charge in [0.15, 0.2) is 0 Å². The smallest absolute Gasteiger partial charge is 0.261 e. The average molecular weight is 301 g/mol. The van der Waals surface area contributed by atoms with Crippen LogP contribution in [0, 0.1) is 17.8 Å². The van der Waals surface area contributed by atoms with Crippen molar-refractivity contribution in [2.45, 2.75) is 19.9 Å². The summed E-state index contributed by atoms with van der Waals surface area (Å²) in [6.45, 7) is 2.90. The molecule has 1 unspecified atom stereocenters. The zero-order chi connectivity index (χ0) is 15.8. The van der Waals surface area contributed by atoms with Crippen LogP contribution in [0.1, 0.15) is 24.0 Å². The van der Waals surface area contributed by atoms with Crippen molar-refractivity contribution in [2.75, 3.05) is 0 Å². The van der Waals surface area contributed by atoms with E-state index < -0.39 is 0 Å². The van der Waals surface area contributed by atoms with E-state index in [9.17, 15) is 4.79 Å². The van der Waals surface area contributed by atoms with Crippen molar-refractivity contribution in [1.29, 1.82) is 0 Å². The molecular weight excluding hydrogens is 286 g/mol. The number of benzene rings is 1. The molecule has 0 saturated heterocycles. The monoisotopic (exact) mass is 301 g/mol. The van der Waals surface area contributed by atoms with Gasteiger partial charge in [0.1, 0.15) is 11.5 Å². The molecule has 0 radical (unpaired) electrons. The normalized spacial score (nSPS) is 16.0. The molecule has 0 aliphatic carbocycles. The maximum atomic E-state index is 12.5. The Morgan fingerprint density at radius 2 is 2.13 bits per heavy atom. The summed E-state index contributed by atoms with van der Waals surface area (Å²) in [5.74, 6) is 7.46. The number of hydrogen-bond acceptors (Lipinski definition) is 3. The van der Waals surface area contributed by atoms with Crippen LogP contribution >= 0.6 is 0 Å². The van der Waals surface area contributed by atoms with E-state index in [4.69, 9.17) is 0 Å².